The van der Waals surface area contributed by atoms with Gasteiger partial charge in [-0.3, -0.25) is 24.1 Å². The predicted octanol–water partition coefficient (Wildman–Crippen LogP) is 10.4. The van der Waals surface area contributed by atoms with Crippen molar-refractivity contribution in [1.29, 1.82) is 0 Å². The van der Waals surface area contributed by atoms with E-state index in [2.05, 4.69) is 10.2 Å². The average Bonchev–Trinajstić information content (AvgIpc) is 0.801. The Hall–Kier alpha value is -8.96. The lowest BCUT2D eigenvalue weighted by atomic mass is 9.91. The van der Waals surface area contributed by atoms with Crippen molar-refractivity contribution in [1.82, 2.24) is 20.0 Å². The SMILES string of the molecule is CC[C@H](C(=O)N1CCCC[C@H]1C(=O)O[C@H](CCc1ccc(OC)c(OC)c1)c1cccc(OCC(=O)CCCNC(=O)COc2cccc([C@@H](CCN3CCOCC3)OC(=O)[C@@H]3CCCCN3C(=O)[C@@H](CC)c3cc(OC)c(OC)c(OC)c3)c2)c1)c1cc(OC)c(OC)c(OC)c1. The number of carbonyl (C=O) groups excluding carboxylic acids is 6. The maximum atomic E-state index is 14.6. The van der Waals surface area contributed by atoms with Gasteiger partial charge in [-0.15, -0.1) is 0 Å². The lowest BCUT2D eigenvalue weighted by Gasteiger charge is -2.37. The van der Waals surface area contributed by atoms with Crippen LogP contribution in [0.5, 0.6) is 57.5 Å². The molecule has 0 radical (unpaired) electrons. The van der Waals surface area contributed by atoms with Gasteiger partial charge in [0.2, 0.25) is 23.3 Å². The van der Waals surface area contributed by atoms with E-state index in [1.165, 1.54) is 42.7 Å². The number of hydrogen-bond acceptors (Lipinski definition) is 20. The topological polar surface area (TPSA) is 244 Å². The Balaban J connectivity index is 0.863. The molecule has 3 fully saturated rings. The number of Topliss-reactive ketones (excluding diaryl/α,β-unsaturated/α-hetero) is 1. The number of likely N-dealkylation sites (tertiary alicyclic amines) is 2. The Morgan fingerprint density at radius 3 is 1.46 bits per heavy atom. The third kappa shape index (κ3) is 19.7. The van der Waals surface area contributed by atoms with Crippen LogP contribution >= 0.6 is 0 Å². The molecule has 532 valence electrons. The van der Waals surface area contributed by atoms with Crippen molar-refractivity contribution < 1.29 is 90.3 Å². The number of ketones is 1. The van der Waals surface area contributed by atoms with E-state index in [1.807, 2.05) is 44.2 Å². The lowest BCUT2D eigenvalue weighted by Crippen LogP contribution is -2.50. The molecule has 8 rings (SSSR count). The molecule has 3 aliphatic rings. The van der Waals surface area contributed by atoms with E-state index in [9.17, 15) is 28.8 Å². The lowest BCUT2D eigenvalue weighted by molar-refractivity contribution is -0.163. The van der Waals surface area contributed by atoms with Crippen LogP contribution in [0.2, 0.25) is 0 Å². The number of rotatable bonds is 36. The molecule has 98 heavy (non-hydrogen) atoms. The molecule has 3 heterocycles. The minimum absolute atomic E-state index is 0.118. The summed E-state index contributed by atoms with van der Waals surface area (Å²) < 4.78 is 75.2. The van der Waals surface area contributed by atoms with Crippen molar-refractivity contribution >= 4 is 35.4 Å². The first-order valence-corrected chi connectivity index (χ1v) is 34.0. The van der Waals surface area contributed by atoms with E-state index in [0.717, 1.165) is 44.3 Å². The van der Waals surface area contributed by atoms with Gasteiger partial charge in [-0.2, -0.15) is 0 Å². The normalized spacial score (nSPS) is 16.8. The zero-order valence-electron chi connectivity index (χ0n) is 58.5. The third-order valence-electron chi connectivity index (χ3n) is 18.4. The molecule has 0 saturated carbocycles. The fraction of sp³-hybridized carbons (Fsp3) is 0.520. The molecular formula is C75H98N4O19. The largest absolute Gasteiger partial charge is 0.493 e. The highest BCUT2D eigenvalue weighted by Gasteiger charge is 2.40. The number of amides is 3. The molecule has 0 aliphatic carbocycles. The summed E-state index contributed by atoms with van der Waals surface area (Å²) >= 11 is 0. The first kappa shape index (κ1) is 74.8. The Morgan fingerprint density at radius 1 is 0.510 bits per heavy atom. The fourth-order valence-electron chi connectivity index (χ4n) is 13.0. The second-order valence-electron chi connectivity index (χ2n) is 24.5. The van der Waals surface area contributed by atoms with Crippen LogP contribution in [0.1, 0.15) is 143 Å². The second-order valence-corrected chi connectivity index (χ2v) is 24.5. The smallest absolute Gasteiger partial charge is 0.329 e. The highest BCUT2D eigenvalue weighted by atomic mass is 16.6. The molecule has 5 aromatic carbocycles. The molecule has 5 aromatic rings. The first-order valence-electron chi connectivity index (χ1n) is 34.0. The van der Waals surface area contributed by atoms with Crippen molar-refractivity contribution in [2.24, 2.45) is 0 Å². The molecule has 0 bridgehead atoms. The molecule has 23 heteroatoms. The number of piperidine rings is 2. The van der Waals surface area contributed by atoms with Gasteiger partial charge < -0.3 is 76.7 Å². The molecule has 3 amide bonds. The highest BCUT2D eigenvalue weighted by molar-refractivity contribution is 5.90. The van der Waals surface area contributed by atoms with Crippen molar-refractivity contribution in [2.75, 3.05) is 123 Å². The van der Waals surface area contributed by atoms with E-state index in [4.69, 9.17) is 61.6 Å². The van der Waals surface area contributed by atoms with E-state index in [-0.39, 0.29) is 43.8 Å². The summed E-state index contributed by atoms with van der Waals surface area (Å²) in [5.74, 6) is 1.24. The van der Waals surface area contributed by atoms with Gasteiger partial charge in [0, 0.05) is 52.1 Å². The van der Waals surface area contributed by atoms with E-state index >= 15 is 0 Å². The number of aryl methyl sites for hydroxylation is 1. The van der Waals surface area contributed by atoms with E-state index < -0.39 is 54.0 Å². The summed E-state index contributed by atoms with van der Waals surface area (Å²) in [6.45, 7) is 7.58. The molecular weight excluding hydrogens is 1260 g/mol. The Bertz CT molecular complexity index is 3420. The van der Waals surface area contributed by atoms with Crippen LogP contribution in [-0.2, 0) is 49.4 Å². The molecule has 3 aliphatic heterocycles. The van der Waals surface area contributed by atoms with Gasteiger partial charge >= 0.3 is 11.9 Å². The number of morpholine rings is 1. The van der Waals surface area contributed by atoms with Crippen molar-refractivity contribution in [2.45, 2.75) is 133 Å². The number of benzene rings is 5. The van der Waals surface area contributed by atoms with Gasteiger partial charge in [0.25, 0.3) is 5.91 Å². The number of ether oxygens (including phenoxy) is 13. The molecule has 0 aromatic heterocycles. The number of hydrogen-bond donors (Lipinski definition) is 1. The van der Waals surface area contributed by atoms with E-state index in [0.29, 0.717) is 164 Å². The Kier molecular flexibility index (Phi) is 28.8. The number of esters is 2. The maximum Gasteiger partial charge on any atom is 0.329 e. The second kappa shape index (κ2) is 37.7. The highest BCUT2D eigenvalue weighted by Crippen LogP contribution is 2.44. The summed E-state index contributed by atoms with van der Waals surface area (Å²) in [7, 11) is 12.3. The zero-order valence-corrected chi connectivity index (χ0v) is 58.5. The third-order valence-corrected chi connectivity index (χ3v) is 18.4. The number of carbonyl (C=O) groups is 6. The van der Waals surface area contributed by atoms with Gasteiger partial charge in [-0.05, 0) is 159 Å². The molecule has 23 nitrogen and oxygen atoms in total. The average molecular weight is 1360 g/mol. The van der Waals surface area contributed by atoms with Crippen LogP contribution in [0, 0.1) is 0 Å². The zero-order chi connectivity index (χ0) is 70.1. The van der Waals surface area contributed by atoms with Crippen LogP contribution in [0.3, 0.4) is 0 Å². The number of nitrogens with one attached hydrogen (secondary N) is 1. The van der Waals surface area contributed by atoms with Crippen LogP contribution in [0.25, 0.3) is 0 Å². The molecule has 6 atom stereocenters. The quantitative estimate of drug-likeness (QED) is 0.0289. The summed E-state index contributed by atoms with van der Waals surface area (Å²) in [5.41, 5.74) is 3.58. The van der Waals surface area contributed by atoms with Crippen LogP contribution in [-0.4, -0.2) is 185 Å². The van der Waals surface area contributed by atoms with Gasteiger partial charge in [0.1, 0.15) is 42.4 Å². The van der Waals surface area contributed by atoms with Crippen LogP contribution in [0.4, 0.5) is 0 Å². The molecule has 3 saturated heterocycles. The molecule has 0 spiro atoms. The van der Waals surface area contributed by atoms with Gasteiger partial charge in [0.15, 0.2) is 46.9 Å². The Labute approximate surface area is 575 Å². The Morgan fingerprint density at radius 2 is 0.990 bits per heavy atom. The van der Waals surface area contributed by atoms with Crippen LogP contribution in [0.15, 0.2) is 91.0 Å². The maximum absolute atomic E-state index is 14.6. The fourth-order valence-corrected chi connectivity index (χ4v) is 13.0. The minimum Gasteiger partial charge on any atom is -0.493 e. The van der Waals surface area contributed by atoms with Gasteiger partial charge in [-0.1, -0.05) is 44.2 Å². The number of nitrogens with zero attached hydrogens (tertiary/aromatic N) is 3. The summed E-state index contributed by atoms with van der Waals surface area (Å²) in [5, 5.41) is 2.84. The van der Waals surface area contributed by atoms with E-state index in [1.54, 1.807) is 84.7 Å². The van der Waals surface area contributed by atoms with Crippen molar-refractivity contribution in [3.63, 3.8) is 0 Å². The minimum atomic E-state index is -0.845. The van der Waals surface area contributed by atoms with Gasteiger partial charge in [0.05, 0.1) is 81.9 Å². The molecule has 1 N–H and O–H groups in total. The standard InChI is InChI=1S/C75H98N4O19/c1-11-57(52-43-65(88-5)70(92-9)66(44-52)89-6)72(82)78-33-15-13-25-59(78)74(84)97-61(29-27-49-28-30-63(86-3)64(40-49)87-4)50-20-17-23-55(41-50)95-47-54(80)22-19-32-76-69(81)48-96-56-24-18-21-51(42-56)62(31-35-77-36-38-94-39-37-77)98-75(85)60-26-14-16-34-79(60)73(83)58(12-2)53-45-67(90-7)71(93-10)68(46-53)91-8/h17-18,20-21,23-24,28,30,40-46,57-62H,11-16,19,22,25-27,29,31-39,47-48H2,1-10H3,(H,76,81)/t57-,58-,59-,60-,61+,62+/m0/s1. The van der Waals surface area contributed by atoms with Crippen molar-refractivity contribution in [3.8, 4) is 57.5 Å². The molecule has 0 unspecified atom stereocenters. The van der Waals surface area contributed by atoms with Crippen molar-refractivity contribution in [3.05, 3.63) is 119 Å². The van der Waals surface area contributed by atoms with Crippen LogP contribution < -0.4 is 52.7 Å². The monoisotopic (exact) mass is 1360 g/mol. The summed E-state index contributed by atoms with van der Waals surface area (Å²) in [4.78, 5) is 90.4. The predicted molar refractivity (Wildman–Crippen MR) is 365 cm³/mol. The number of methoxy groups -OCH3 is 8. The summed E-state index contributed by atoms with van der Waals surface area (Å²) in [6.07, 6.45) is 4.99. The van der Waals surface area contributed by atoms with Gasteiger partial charge in [-0.25, -0.2) is 9.59 Å². The summed E-state index contributed by atoms with van der Waals surface area (Å²) in [6, 6.07) is 25.3. The first-order chi connectivity index (χ1) is 47.6.